The lowest BCUT2D eigenvalue weighted by Crippen LogP contribution is -2.00. The van der Waals surface area contributed by atoms with E-state index in [-0.39, 0.29) is 34.4 Å². The summed E-state index contributed by atoms with van der Waals surface area (Å²) in [7, 11) is 0. The molecule has 0 atom stereocenters. The van der Waals surface area contributed by atoms with Gasteiger partial charge in [-0.05, 0) is 53.1 Å². The van der Waals surface area contributed by atoms with Crippen LogP contribution in [0.5, 0.6) is 0 Å². The molecule has 0 amide bonds. The minimum absolute atomic E-state index is 0.160. The summed E-state index contributed by atoms with van der Waals surface area (Å²) in [5.74, 6) is 0.568. The third-order valence-electron chi connectivity index (χ3n) is 7.38. The second-order valence-corrected chi connectivity index (χ2v) is 9.67. The van der Waals surface area contributed by atoms with Crippen molar-refractivity contribution in [2.24, 2.45) is 4.99 Å². The first kappa shape index (κ1) is 25.6. The minimum atomic E-state index is 0.160. The predicted octanol–water partition coefficient (Wildman–Crippen LogP) is 7.05. The van der Waals surface area contributed by atoms with Gasteiger partial charge in [0.25, 0.3) is 11.6 Å². The van der Waals surface area contributed by atoms with Crippen LogP contribution in [0.15, 0.2) is 77.8 Å². The molecule has 0 aliphatic heterocycles. The normalized spacial score (nSPS) is 12.0. The van der Waals surface area contributed by atoms with Gasteiger partial charge in [-0.2, -0.15) is 20.8 Å². The number of benzene rings is 4. The Bertz CT molecular complexity index is 2340. The predicted molar refractivity (Wildman–Crippen MR) is 162 cm³/mol. The van der Waals surface area contributed by atoms with E-state index in [0.717, 1.165) is 0 Å². The fraction of sp³-hybridized carbons (Fsp3) is 0. The molecule has 0 saturated carbocycles. The number of aromatic nitrogens is 4. The van der Waals surface area contributed by atoms with Crippen LogP contribution in [-0.2, 0) is 0 Å². The van der Waals surface area contributed by atoms with Crippen molar-refractivity contribution in [2.45, 2.75) is 0 Å². The molecule has 10 heteroatoms. The number of nitrogens with zero attached hydrogens (tertiary/aromatic N) is 10. The molecule has 1 aliphatic carbocycles. The Morgan fingerprint density at radius 2 is 1.25 bits per heavy atom. The Morgan fingerprint density at radius 1 is 0.614 bits per heavy atom. The van der Waals surface area contributed by atoms with Gasteiger partial charge in [-0.25, -0.2) is 19.8 Å². The van der Waals surface area contributed by atoms with Gasteiger partial charge in [-0.1, -0.05) is 48.0 Å². The number of rotatable bonds is 2. The molecule has 44 heavy (non-hydrogen) atoms. The second kappa shape index (κ2) is 9.95. The van der Waals surface area contributed by atoms with Gasteiger partial charge >= 0.3 is 0 Å². The lowest BCUT2D eigenvalue weighted by atomic mass is 9.96. The van der Waals surface area contributed by atoms with Crippen molar-refractivity contribution in [3.8, 4) is 52.2 Å². The standard InChI is InChI=1S/C34H12N10/c1-38-29-14-25-23(13-26(29)34-41-27-9-5-3-7-19(27)30(16-36)43-34)22-12-21(18(15-35)11-24(22)31(25)40-17-37)33-42-28-10-6-4-8-20(28)32(39-2)44-33/h3-14H. The molecule has 0 saturated heterocycles. The number of hydrogen-bond donors (Lipinski definition) is 0. The Hall–Kier alpha value is -7.32. The summed E-state index contributed by atoms with van der Waals surface area (Å²) in [4.78, 5) is 29.7. The summed E-state index contributed by atoms with van der Waals surface area (Å²) >= 11 is 0. The molecule has 0 fully saturated rings. The monoisotopic (exact) mass is 560 g/mol. The number of fused-ring (bicyclic) bond motifs is 5. The molecule has 7 rings (SSSR count). The Morgan fingerprint density at radius 3 is 1.91 bits per heavy atom. The van der Waals surface area contributed by atoms with Gasteiger partial charge in [0, 0.05) is 21.9 Å². The number of para-hydroxylation sites is 2. The molecule has 0 spiro atoms. The van der Waals surface area contributed by atoms with E-state index in [1.165, 1.54) is 0 Å². The van der Waals surface area contributed by atoms with Crippen molar-refractivity contribution >= 4 is 39.0 Å². The summed E-state index contributed by atoms with van der Waals surface area (Å²) in [5, 5.41) is 30.7. The van der Waals surface area contributed by atoms with Crippen LogP contribution in [0.25, 0.3) is 65.4 Å². The lowest BCUT2D eigenvalue weighted by molar-refractivity contribution is 1.20. The molecule has 4 aromatic carbocycles. The van der Waals surface area contributed by atoms with Crippen LogP contribution >= 0.6 is 0 Å². The molecular weight excluding hydrogens is 548 g/mol. The first-order chi connectivity index (χ1) is 21.6. The summed E-state index contributed by atoms with van der Waals surface area (Å²) in [6, 6.07) is 25.3. The van der Waals surface area contributed by atoms with Crippen LogP contribution in [0.3, 0.4) is 0 Å². The van der Waals surface area contributed by atoms with Gasteiger partial charge in [0.1, 0.15) is 12.1 Å². The molecule has 198 valence electrons. The maximum Gasteiger partial charge on any atom is 0.281 e. The van der Waals surface area contributed by atoms with Crippen LogP contribution in [0.4, 0.5) is 11.5 Å². The Kier molecular flexibility index (Phi) is 5.80. The van der Waals surface area contributed by atoms with Gasteiger partial charge in [-0.3, -0.25) is 0 Å². The maximum absolute atomic E-state index is 10.1. The Labute approximate surface area is 249 Å². The van der Waals surface area contributed by atoms with E-state index in [0.29, 0.717) is 60.9 Å². The summed E-state index contributed by atoms with van der Waals surface area (Å²) in [6.07, 6.45) is 1.84. The van der Waals surface area contributed by atoms with Crippen molar-refractivity contribution in [1.29, 1.82) is 15.8 Å². The van der Waals surface area contributed by atoms with Crippen LogP contribution < -0.4 is 0 Å². The quantitative estimate of drug-likeness (QED) is 0.163. The third kappa shape index (κ3) is 3.80. The maximum atomic E-state index is 10.1. The summed E-state index contributed by atoms with van der Waals surface area (Å²) in [6.45, 7) is 15.6. The molecule has 1 aliphatic rings. The largest absolute Gasteiger partial charge is 0.360 e. The second-order valence-electron chi connectivity index (χ2n) is 9.67. The van der Waals surface area contributed by atoms with Gasteiger partial charge in [0.15, 0.2) is 17.2 Å². The first-order valence-electron chi connectivity index (χ1n) is 13.0. The highest BCUT2D eigenvalue weighted by Gasteiger charge is 2.31. The highest BCUT2D eigenvalue weighted by molar-refractivity contribution is 6.26. The average molecular weight is 561 g/mol. The smallest absolute Gasteiger partial charge is 0.281 e. The topological polar surface area (TPSA) is 144 Å². The van der Waals surface area contributed by atoms with E-state index < -0.39 is 0 Å². The van der Waals surface area contributed by atoms with E-state index in [2.05, 4.69) is 46.8 Å². The third-order valence-corrected chi connectivity index (χ3v) is 7.38. The van der Waals surface area contributed by atoms with Crippen molar-refractivity contribution in [3.63, 3.8) is 0 Å². The number of hydrogen-bond acceptors (Lipinski definition) is 8. The molecule has 0 unspecified atom stereocenters. The fourth-order valence-corrected chi connectivity index (χ4v) is 5.44. The molecule has 10 nitrogen and oxygen atoms in total. The molecule has 6 aromatic rings. The SMILES string of the molecule is [C-]#[N+]c1cc2c(cc1-c1nc(C#N)c3ccccc3n1)-c1cc(-c3nc([N+]#[C-])c4ccccc4n3)c(C#N)cc1C2=NC#N. The fourth-order valence-electron chi connectivity index (χ4n) is 5.44. The summed E-state index contributed by atoms with van der Waals surface area (Å²) < 4.78 is 0. The van der Waals surface area contributed by atoms with Crippen LogP contribution in [0.1, 0.15) is 22.4 Å². The summed E-state index contributed by atoms with van der Waals surface area (Å²) in [5.41, 5.74) is 5.16. The van der Waals surface area contributed by atoms with E-state index in [1.807, 2.05) is 18.3 Å². The molecule has 0 N–H and O–H groups in total. The van der Waals surface area contributed by atoms with Crippen molar-refractivity contribution in [1.82, 2.24) is 19.9 Å². The molecule has 0 bridgehead atoms. The van der Waals surface area contributed by atoms with E-state index >= 15 is 0 Å². The lowest BCUT2D eigenvalue weighted by Gasteiger charge is -2.10. The first-order valence-corrected chi connectivity index (χ1v) is 13.0. The number of aliphatic imine (C=N–C) groups is 1. The van der Waals surface area contributed by atoms with Crippen molar-refractivity contribution in [2.75, 3.05) is 0 Å². The molecular formula is C34H12N10. The van der Waals surface area contributed by atoms with E-state index in [1.54, 1.807) is 60.7 Å². The number of nitriles is 3. The van der Waals surface area contributed by atoms with Crippen molar-refractivity contribution < 1.29 is 0 Å². The van der Waals surface area contributed by atoms with E-state index in [4.69, 9.17) is 13.1 Å². The molecule has 2 aromatic heterocycles. The van der Waals surface area contributed by atoms with Crippen LogP contribution in [0, 0.1) is 47.3 Å². The highest BCUT2D eigenvalue weighted by atomic mass is 15.0. The zero-order valence-electron chi connectivity index (χ0n) is 22.4. The molecule has 2 heterocycles. The van der Waals surface area contributed by atoms with E-state index in [9.17, 15) is 15.8 Å². The average Bonchev–Trinajstić information content (AvgIpc) is 3.37. The van der Waals surface area contributed by atoms with Gasteiger partial charge in [0.2, 0.25) is 6.19 Å². The van der Waals surface area contributed by atoms with Crippen LogP contribution in [-0.4, -0.2) is 25.6 Å². The highest BCUT2D eigenvalue weighted by Crippen LogP contribution is 2.45. The zero-order valence-corrected chi connectivity index (χ0v) is 22.4. The van der Waals surface area contributed by atoms with Gasteiger partial charge < -0.3 is 4.85 Å². The van der Waals surface area contributed by atoms with Crippen molar-refractivity contribution in [3.05, 3.63) is 118 Å². The minimum Gasteiger partial charge on any atom is -0.360 e. The molecule has 0 radical (unpaired) electrons. The Balaban J connectivity index is 1.51. The zero-order chi connectivity index (χ0) is 30.4. The van der Waals surface area contributed by atoms with Gasteiger partial charge in [0.05, 0.1) is 34.4 Å². The van der Waals surface area contributed by atoms with Gasteiger partial charge in [-0.15, -0.1) is 0 Å². The van der Waals surface area contributed by atoms with Crippen LogP contribution in [0.2, 0.25) is 0 Å².